The van der Waals surface area contributed by atoms with Gasteiger partial charge in [0, 0.05) is 13.6 Å². The smallest absolute Gasteiger partial charge is 0.335 e. The lowest BCUT2D eigenvalue weighted by Gasteiger charge is -2.30. The number of rotatable bonds is 4. The molecule has 4 nitrogen and oxygen atoms in total. The van der Waals surface area contributed by atoms with Crippen LogP contribution in [0, 0.1) is 11.7 Å². The topological polar surface area (TPSA) is 57.6 Å². The van der Waals surface area contributed by atoms with Crippen molar-refractivity contribution < 1.29 is 19.1 Å². The Kier molecular flexibility index (Phi) is 3.83. The molecule has 0 saturated heterocycles. The van der Waals surface area contributed by atoms with Gasteiger partial charge in [-0.3, -0.25) is 4.79 Å². The highest BCUT2D eigenvalue weighted by Gasteiger charge is 2.23. The van der Waals surface area contributed by atoms with Crippen LogP contribution < -0.4 is 0 Å². The Bertz CT molecular complexity index is 511. The normalized spacial score (nSPS) is 14.8. The van der Waals surface area contributed by atoms with E-state index in [1.54, 1.807) is 7.05 Å². The van der Waals surface area contributed by atoms with Gasteiger partial charge in [-0.1, -0.05) is 6.42 Å². The van der Waals surface area contributed by atoms with E-state index >= 15 is 0 Å². The number of amides is 1. The van der Waals surface area contributed by atoms with Crippen LogP contribution in [0.2, 0.25) is 0 Å². The van der Waals surface area contributed by atoms with Crippen molar-refractivity contribution in [2.75, 3.05) is 13.6 Å². The summed E-state index contributed by atoms with van der Waals surface area (Å²) in [4.78, 5) is 24.3. The maximum absolute atomic E-state index is 13.7. The van der Waals surface area contributed by atoms with Gasteiger partial charge in [0.2, 0.25) is 0 Å². The summed E-state index contributed by atoms with van der Waals surface area (Å²) in [6.45, 7) is 0.624. The van der Waals surface area contributed by atoms with Gasteiger partial charge in [-0.2, -0.15) is 0 Å². The molecule has 2 rings (SSSR count). The van der Waals surface area contributed by atoms with E-state index in [4.69, 9.17) is 5.11 Å². The van der Waals surface area contributed by atoms with Crippen LogP contribution in [0.5, 0.6) is 0 Å². The highest BCUT2D eigenvalue weighted by molar-refractivity contribution is 5.96. The minimum Gasteiger partial charge on any atom is -0.478 e. The zero-order chi connectivity index (χ0) is 14.0. The third-order valence-corrected chi connectivity index (χ3v) is 3.55. The predicted octanol–water partition coefficient (Wildman–Crippen LogP) is 2.40. The van der Waals surface area contributed by atoms with E-state index in [0.717, 1.165) is 18.9 Å². The van der Waals surface area contributed by atoms with Gasteiger partial charge >= 0.3 is 5.97 Å². The van der Waals surface area contributed by atoms with E-state index < -0.39 is 17.7 Å². The summed E-state index contributed by atoms with van der Waals surface area (Å²) in [5.41, 5.74) is -0.234. The average molecular weight is 265 g/mol. The first kappa shape index (κ1) is 13.5. The third kappa shape index (κ3) is 2.92. The summed E-state index contributed by atoms with van der Waals surface area (Å²) in [6, 6.07) is 3.36. The summed E-state index contributed by atoms with van der Waals surface area (Å²) in [5.74, 6) is -1.89. The number of carboxylic acids is 1. The Balaban J connectivity index is 2.11. The van der Waals surface area contributed by atoms with E-state index in [1.165, 1.54) is 23.5 Å². The Morgan fingerprint density at radius 2 is 2.11 bits per heavy atom. The Morgan fingerprint density at radius 1 is 1.42 bits per heavy atom. The van der Waals surface area contributed by atoms with Gasteiger partial charge in [-0.15, -0.1) is 0 Å². The van der Waals surface area contributed by atoms with Gasteiger partial charge in [-0.25, -0.2) is 9.18 Å². The molecule has 1 amide bonds. The van der Waals surface area contributed by atoms with Crippen LogP contribution in [0.25, 0.3) is 0 Å². The second-order valence-corrected chi connectivity index (χ2v) is 4.98. The van der Waals surface area contributed by atoms with Crippen LogP contribution >= 0.6 is 0 Å². The fourth-order valence-electron chi connectivity index (χ4n) is 2.17. The molecule has 1 aromatic rings. The monoisotopic (exact) mass is 265 g/mol. The Labute approximate surface area is 110 Å². The number of hydrogen-bond donors (Lipinski definition) is 1. The van der Waals surface area contributed by atoms with E-state index in [9.17, 15) is 14.0 Å². The molecule has 19 heavy (non-hydrogen) atoms. The number of hydrogen-bond acceptors (Lipinski definition) is 2. The highest BCUT2D eigenvalue weighted by Crippen LogP contribution is 2.27. The number of benzene rings is 1. The zero-order valence-electron chi connectivity index (χ0n) is 10.7. The molecule has 0 spiro atoms. The van der Waals surface area contributed by atoms with Gasteiger partial charge in [0.1, 0.15) is 5.82 Å². The Hall–Kier alpha value is -1.91. The second kappa shape index (κ2) is 5.38. The molecule has 0 atom stereocenters. The molecule has 1 aliphatic rings. The maximum Gasteiger partial charge on any atom is 0.335 e. The van der Waals surface area contributed by atoms with Gasteiger partial charge in [0.05, 0.1) is 11.1 Å². The fraction of sp³-hybridized carbons (Fsp3) is 0.429. The molecule has 1 fully saturated rings. The van der Waals surface area contributed by atoms with Gasteiger partial charge in [0.15, 0.2) is 0 Å². The average Bonchev–Trinajstić information content (AvgIpc) is 2.32. The standard InChI is InChI=1S/C14H16FNO3/c1-16(8-9-3-2-4-9)13(17)11-6-5-10(14(18)19)7-12(11)15/h5-7,9H,2-4,8H2,1H3,(H,18,19). The molecule has 0 aromatic heterocycles. The second-order valence-electron chi connectivity index (χ2n) is 4.98. The van der Waals surface area contributed by atoms with Crippen molar-refractivity contribution in [3.8, 4) is 0 Å². The molecule has 0 radical (unpaired) electrons. The first-order valence-electron chi connectivity index (χ1n) is 6.27. The van der Waals surface area contributed by atoms with Crippen molar-refractivity contribution in [3.63, 3.8) is 0 Å². The van der Waals surface area contributed by atoms with Crippen molar-refractivity contribution in [1.82, 2.24) is 4.90 Å². The minimum atomic E-state index is -1.21. The summed E-state index contributed by atoms with van der Waals surface area (Å²) < 4.78 is 13.7. The van der Waals surface area contributed by atoms with Crippen molar-refractivity contribution in [1.29, 1.82) is 0 Å². The van der Waals surface area contributed by atoms with E-state index in [-0.39, 0.29) is 11.1 Å². The predicted molar refractivity (Wildman–Crippen MR) is 67.7 cm³/mol. The summed E-state index contributed by atoms with van der Waals surface area (Å²) >= 11 is 0. The molecular weight excluding hydrogens is 249 g/mol. The van der Waals surface area contributed by atoms with Crippen LogP contribution in [-0.4, -0.2) is 35.5 Å². The minimum absolute atomic E-state index is 0.0770. The molecule has 102 valence electrons. The number of aromatic carboxylic acids is 1. The lowest BCUT2D eigenvalue weighted by molar-refractivity contribution is 0.0692. The van der Waals surface area contributed by atoms with Crippen molar-refractivity contribution in [2.24, 2.45) is 5.92 Å². The number of carbonyl (C=O) groups is 2. The van der Waals surface area contributed by atoms with Crippen LogP contribution in [0.1, 0.15) is 40.0 Å². The fourth-order valence-corrected chi connectivity index (χ4v) is 2.17. The van der Waals surface area contributed by atoms with Crippen LogP contribution in [0.15, 0.2) is 18.2 Å². The molecule has 5 heteroatoms. The van der Waals surface area contributed by atoms with Crippen LogP contribution in [0.4, 0.5) is 4.39 Å². The van der Waals surface area contributed by atoms with Gasteiger partial charge in [-0.05, 0) is 37.0 Å². The highest BCUT2D eigenvalue weighted by atomic mass is 19.1. The first-order chi connectivity index (χ1) is 8.99. The lowest BCUT2D eigenvalue weighted by Crippen LogP contribution is -2.34. The van der Waals surface area contributed by atoms with Gasteiger partial charge in [0.25, 0.3) is 5.91 Å². The van der Waals surface area contributed by atoms with Crippen molar-refractivity contribution >= 4 is 11.9 Å². The molecule has 0 bridgehead atoms. The van der Waals surface area contributed by atoms with E-state index in [0.29, 0.717) is 12.5 Å². The molecule has 1 aliphatic carbocycles. The number of halogens is 1. The zero-order valence-corrected chi connectivity index (χ0v) is 10.7. The molecule has 0 heterocycles. The quantitative estimate of drug-likeness (QED) is 0.909. The van der Waals surface area contributed by atoms with Crippen LogP contribution in [0.3, 0.4) is 0 Å². The first-order valence-corrected chi connectivity index (χ1v) is 6.27. The maximum atomic E-state index is 13.7. The summed E-state index contributed by atoms with van der Waals surface area (Å²) in [5, 5.41) is 8.74. The van der Waals surface area contributed by atoms with Gasteiger partial charge < -0.3 is 10.0 Å². The van der Waals surface area contributed by atoms with Crippen LogP contribution in [-0.2, 0) is 0 Å². The number of nitrogens with zero attached hydrogens (tertiary/aromatic N) is 1. The van der Waals surface area contributed by atoms with E-state index in [2.05, 4.69) is 0 Å². The molecule has 0 aliphatic heterocycles. The molecule has 1 aromatic carbocycles. The van der Waals surface area contributed by atoms with Crippen molar-refractivity contribution in [3.05, 3.63) is 35.1 Å². The molecule has 0 unspecified atom stereocenters. The number of carboxylic acid groups (broad SMARTS) is 1. The molecular formula is C14H16FNO3. The molecule has 1 saturated carbocycles. The summed E-state index contributed by atoms with van der Waals surface area (Å²) in [7, 11) is 1.64. The lowest BCUT2D eigenvalue weighted by atomic mass is 9.85. The summed E-state index contributed by atoms with van der Waals surface area (Å²) in [6.07, 6.45) is 3.41. The number of carbonyl (C=O) groups excluding carboxylic acids is 1. The Morgan fingerprint density at radius 3 is 2.58 bits per heavy atom. The van der Waals surface area contributed by atoms with E-state index in [1.807, 2.05) is 0 Å². The SMILES string of the molecule is CN(CC1CCC1)C(=O)c1ccc(C(=O)O)cc1F. The third-order valence-electron chi connectivity index (χ3n) is 3.55. The van der Waals surface area contributed by atoms with Crippen molar-refractivity contribution in [2.45, 2.75) is 19.3 Å². The largest absolute Gasteiger partial charge is 0.478 e. The molecule has 1 N–H and O–H groups in total.